The van der Waals surface area contributed by atoms with E-state index in [2.05, 4.69) is 16.0 Å². The predicted octanol–water partition coefficient (Wildman–Crippen LogP) is 1.97. The Morgan fingerprint density at radius 3 is 2.87 bits per heavy atom. The first-order valence-electron chi connectivity index (χ1n) is 5.15. The van der Waals surface area contributed by atoms with Crippen molar-refractivity contribution in [3.8, 4) is 0 Å². The van der Waals surface area contributed by atoms with E-state index in [1.54, 1.807) is 0 Å². The Morgan fingerprint density at radius 1 is 1.47 bits per heavy atom. The molecule has 0 atom stereocenters. The van der Waals surface area contributed by atoms with Gasteiger partial charge in [-0.2, -0.15) is 0 Å². The van der Waals surface area contributed by atoms with Gasteiger partial charge in [-0.25, -0.2) is 0 Å². The number of nitrogens with zero attached hydrogens (tertiary/aromatic N) is 2. The first kappa shape index (κ1) is 10.7. The molecule has 2 heterocycles. The molecule has 0 spiro atoms. The van der Waals surface area contributed by atoms with E-state index in [0.717, 1.165) is 37.6 Å². The van der Waals surface area contributed by atoms with E-state index in [9.17, 15) is 0 Å². The number of anilines is 1. The molecule has 4 heteroatoms. The summed E-state index contributed by atoms with van der Waals surface area (Å²) in [6, 6.07) is 2.10. The Balaban J connectivity index is 2.27. The Bertz CT molecular complexity index is 337. The topological polar surface area (TPSA) is 25.4 Å². The summed E-state index contributed by atoms with van der Waals surface area (Å²) in [6.45, 7) is 5.47. The van der Waals surface area contributed by atoms with E-state index in [4.69, 9.17) is 16.3 Å². The van der Waals surface area contributed by atoms with Gasteiger partial charge in [-0.05, 0) is 13.0 Å². The number of ether oxygens (including phenoxy) is 1. The van der Waals surface area contributed by atoms with Crippen LogP contribution in [0.5, 0.6) is 0 Å². The summed E-state index contributed by atoms with van der Waals surface area (Å²) in [7, 11) is 0. The molecule has 0 aromatic carbocycles. The minimum absolute atomic E-state index is 0.514. The zero-order valence-corrected chi connectivity index (χ0v) is 9.63. The van der Waals surface area contributed by atoms with E-state index in [0.29, 0.717) is 5.88 Å². The van der Waals surface area contributed by atoms with Crippen molar-refractivity contribution in [3.05, 3.63) is 23.5 Å². The fourth-order valence-electron chi connectivity index (χ4n) is 1.78. The van der Waals surface area contributed by atoms with Gasteiger partial charge in [0.2, 0.25) is 0 Å². The predicted molar refractivity (Wildman–Crippen MR) is 61.6 cm³/mol. The minimum Gasteiger partial charge on any atom is -0.378 e. The molecule has 0 unspecified atom stereocenters. The van der Waals surface area contributed by atoms with Gasteiger partial charge < -0.3 is 9.64 Å². The number of hydrogen-bond acceptors (Lipinski definition) is 3. The van der Waals surface area contributed by atoms with Crippen LogP contribution in [0.1, 0.15) is 11.3 Å². The maximum absolute atomic E-state index is 5.91. The lowest BCUT2D eigenvalue weighted by molar-refractivity contribution is 0.122. The fraction of sp³-hybridized carbons (Fsp3) is 0.545. The number of rotatable bonds is 2. The highest BCUT2D eigenvalue weighted by atomic mass is 35.5. The Hall–Kier alpha value is -0.800. The van der Waals surface area contributed by atoms with Crippen LogP contribution >= 0.6 is 11.6 Å². The van der Waals surface area contributed by atoms with Crippen LogP contribution in [-0.4, -0.2) is 31.3 Å². The van der Waals surface area contributed by atoms with Gasteiger partial charge in [0.15, 0.2) is 0 Å². The molecular formula is C11H15ClN2O. The Labute approximate surface area is 95.0 Å². The summed E-state index contributed by atoms with van der Waals surface area (Å²) < 4.78 is 5.33. The van der Waals surface area contributed by atoms with Gasteiger partial charge in [0.1, 0.15) is 0 Å². The monoisotopic (exact) mass is 226 g/mol. The van der Waals surface area contributed by atoms with Gasteiger partial charge in [0.25, 0.3) is 0 Å². The highest BCUT2D eigenvalue weighted by Crippen LogP contribution is 2.23. The van der Waals surface area contributed by atoms with E-state index < -0.39 is 0 Å². The summed E-state index contributed by atoms with van der Waals surface area (Å²) in [5.74, 6) is 0.514. The van der Waals surface area contributed by atoms with Gasteiger partial charge in [0.05, 0.1) is 19.1 Å². The third-order valence-corrected chi connectivity index (χ3v) is 2.88. The van der Waals surface area contributed by atoms with Gasteiger partial charge in [-0.3, -0.25) is 4.98 Å². The third-order valence-electron chi connectivity index (χ3n) is 2.59. The van der Waals surface area contributed by atoms with Crippen molar-refractivity contribution >= 4 is 17.3 Å². The van der Waals surface area contributed by atoms with Crippen LogP contribution in [-0.2, 0) is 10.6 Å². The molecular weight excluding hydrogens is 212 g/mol. The zero-order valence-electron chi connectivity index (χ0n) is 8.87. The van der Waals surface area contributed by atoms with Crippen molar-refractivity contribution in [1.82, 2.24) is 4.98 Å². The molecule has 0 saturated carbocycles. The molecule has 1 aromatic rings. The van der Waals surface area contributed by atoms with Crippen LogP contribution in [0.3, 0.4) is 0 Å². The summed E-state index contributed by atoms with van der Waals surface area (Å²) in [5.41, 5.74) is 3.34. The SMILES string of the molecule is Cc1cc(N2CCOCC2)c(CCl)cn1. The number of halogens is 1. The van der Waals surface area contributed by atoms with Gasteiger partial charge in [-0.15, -0.1) is 11.6 Å². The summed E-state index contributed by atoms with van der Waals surface area (Å²) >= 11 is 5.91. The molecule has 1 saturated heterocycles. The standard InChI is InChI=1S/C11H15ClN2O/c1-9-6-11(10(7-12)8-13-9)14-2-4-15-5-3-14/h6,8H,2-5,7H2,1H3. The van der Waals surface area contributed by atoms with E-state index >= 15 is 0 Å². The molecule has 0 aliphatic carbocycles. The van der Waals surface area contributed by atoms with Crippen molar-refractivity contribution in [2.75, 3.05) is 31.2 Å². The number of aromatic nitrogens is 1. The largest absolute Gasteiger partial charge is 0.378 e. The first-order valence-corrected chi connectivity index (χ1v) is 5.69. The summed E-state index contributed by atoms with van der Waals surface area (Å²) in [4.78, 5) is 6.58. The van der Waals surface area contributed by atoms with Crippen LogP contribution in [0.15, 0.2) is 12.3 Å². The molecule has 3 nitrogen and oxygen atoms in total. The Kier molecular flexibility index (Phi) is 3.44. The molecule has 82 valence electrons. The number of pyridine rings is 1. The highest BCUT2D eigenvalue weighted by molar-refractivity contribution is 6.17. The van der Waals surface area contributed by atoms with Crippen molar-refractivity contribution in [3.63, 3.8) is 0 Å². The van der Waals surface area contributed by atoms with Crippen molar-refractivity contribution in [2.24, 2.45) is 0 Å². The van der Waals surface area contributed by atoms with E-state index in [1.165, 1.54) is 5.69 Å². The van der Waals surface area contributed by atoms with Gasteiger partial charge >= 0.3 is 0 Å². The minimum atomic E-state index is 0.514. The summed E-state index contributed by atoms with van der Waals surface area (Å²) in [5, 5.41) is 0. The van der Waals surface area contributed by atoms with Crippen LogP contribution < -0.4 is 4.90 Å². The molecule has 2 rings (SSSR count). The van der Waals surface area contributed by atoms with Crippen LogP contribution in [0.25, 0.3) is 0 Å². The normalized spacial score (nSPS) is 16.8. The maximum atomic E-state index is 5.91. The molecule has 0 bridgehead atoms. The molecule has 1 aromatic heterocycles. The molecule has 1 aliphatic rings. The maximum Gasteiger partial charge on any atom is 0.0642 e. The molecule has 15 heavy (non-hydrogen) atoms. The number of hydrogen-bond donors (Lipinski definition) is 0. The van der Waals surface area contributed by atoms with Crippen LogP contribution in [0.2, 0.25) is 0 Å². The second kappa shape index (κ2) is 4.81. The fourth-order valence-corrected chi connectivity index (χ4v) is 1.98. The second-order valence-electron chi connectivity index (χ2n) is 3.69. The van der Waals surface area contributed by atoms with E-state index in [1.807, 2.05) is 13.1 Å². The van der Waals surface area contributed by atoms with Gasteiger partial charge in [0, 0.05) is 36.2 Å². The number of aryl methyl sites for hydroxylation is 1. The van der Waals surface area contributed by atoms with E-state index in [-0.39, 0.29) is 0 Å². The molecule has 1 aliphatic heterocycles. The quantitative estimate of drug-likeness (QED) is 0.721. The number of morpholine rings is 1. The highest BCUT2D eigenvalue weighted by Gasteiger charge is 2.14. The number of alkyl halides is 1. The lowest BCUT2D eigenvalue weighted by Gasteiger charge is -2.30. The lowest BCUT2D eigenvalue weighted by Crippen LogP contribution is -2.36. The zero-order chi connectivity index (χ0) is 10.7. The van der Waals surface area contributed by atoms with Crippen molar-refractivity contribution < 1.29 is 4.74 Å². The molecule has 0 N–H and O–H groups in total. The lowest BCUT2D eigenvalue weighted by atomic mass is 10.2. The van der Waals surface area contributed by atoms with Crippen molar-refractivity contribution in [1.29, 1.82) is 0 Å². The first-order chi connectivity index (χ1) is 7.31. The van der Waals surface area contributed by atoms with Crippen LogP contribution in [0, 0.1) is 6.92 Å². The molecule has 1 fully saturated rings. The van der Waals surface area contributed by atoms with Crippen LogP contribution in [0.4, 0.5) is 5.69 Å². The molecule has 0 amide bonds. The smallest absolute Gasteiger partial charge is 0.0642 e. The molecule has 0 radical (unpaired) electrons. The Morgan fingerprint density at radius 2 is 2.20 bits per heavy atom. The average molecular weight is 227 g/mol. The second-order valence-corrected chi connectivity index (χ2v) is 3.95. The average Bonchev–Trinajstić information content (AvgIpc) is 2.30. The van der Waals surface area contributed by atoms with Gasteiger partial charge in [-0.1, -0.05) is 0 Å². The summed E-state index contributed by atoms with van der Waals surface area (Å²) in [6.07, 6.45) is 1.87. The third kappa shape index (κ3) is 2.41. The van der Waals surface area contributed by atoms with Crippen molar-refractivity contribution in [2.45, 2.75) is 12.8 Å².